The van der Waals surface area contributed by atoms with E-state index in [0.717, 1.165) is 18.5 Å². The van der Waals surface area contributed by atoms with Gasteiger partial charge in [-0.2, -0.15) is 0 Å². The fraction of sp³-hybridized carbons (Fsp3) is 1.00. The molecule has 0 aromatic rings. The maximum Gasteiger partial charge on any atom is 0.0166 e. The van der Waals surface area contributed by atoms with Gasteiger partial charge in [0.05, 0.1) is 0 Å². The molecule has 1 fully saturated rings. The summed E-state index contributed by atoms with van der Waals surface area (Å²) < 4.78 is 0. The molecule has 1 N–H and O–H groups in total. The number of hydrogen-bond donors (Lipinski definition) is 1. The van der Waals surface area contributed by atoms with Gasteiger partial charge in [0.1, 0.15) is 0 Å². The van der Waals surface area contributed by atoms with Gasteiger partial charge in [-0.05, 0) is 45.2 Å². The first kappa shape index (κ1) is 13.0. The summed E-state index contributed by atoms with van der Waals surface area (Å²) in [5, 5.41) is 3.50. The van der Waals surface area contributed by atoms with Crippen molar-refractivity contribution in [3.63, 3.8) is 0 Å². The third-order valence-electron chi connectivity index (χ3n) is 3.12. The van der Waals surface area contributed by atoms with Crippen LogP contribution in [0.5, 0.6) is 0 Å². The highest BCUT2D eigenvalue weighted by atomic mass is 15.2. The van der Waals surface area contributed by atoms with E-state index in [4.69, 9.17) is 0 Å². The van der Waals surface area contributed by atoms with Crippen LogP contribution in [0.15, 0.2) is 0 Å². The second-order valence-corrected chi connectivity index (χ2v) is 5.37. The Morgan fingerprint density at radius 3 is 2.40 bits per heavy atom. The second kappa shape index (κ2) is 6.49. The van der Waals surface area contributed by atoms with E-state index >= 15 is 0 Å². The van der Waals surface area contributed by atoms with Gasteiger partial charge >= 0.3 is 0 Å². The number of rotatable bonds is 8. The number of nitrogens with one attached hydrogen (secondary N) is 1. The van der Waals surface area contributed by atoms with E-state index in [9.17, 15) is 0 Å². The molecule has 1 saturated carbocycles. The van der Waals surface area contributed by atoms with Crippen LogP contribution in [0.25, 0.3) is 0 Å². The molecule has 2 heteroatoms. The lowest BCUT2D eigenvalue weighted by molar-refractivity contribution is 0.226. The molecule has 2 nitrogen and oxygen atoms in total. The Bertz CT molecular complexity index is 164. The second-order valence-electron chi connectivity index (χ2n) is 5.37. The van der Waals surface area contributed by atoms with Gasteiger partial charge in [0, 0.05) is 18.6 Å². The maximum absolute atomic E-state index is 3.50. The Morgan fingerprint density at radius 2 is 1.93 bits per heavy atom. The SMILES string of the molecule is CCNC(C)CN(CCC(C)C)C1CC1. The molecule has 0 spiro atoms. The standard InChI is InChI=1S/C13H28N2/c1-5-14-12(4)10-15(13-6-7-13)9-8-11(2)3/h11-14H,5-10H2,1-4H3. The topological polar surface area (TPSA) is 15.3 Å². The summed E-state index contributed by atoms with van der Waals surface area (Å²) in [4.78, 5) is 2.69. The summed E-state index contributed by atoms with van der Waals surface area (Å²) in [5.41, 5.74) is 0. The first-order valence-corrected chi connectivity index (χ1v) is 6.61. The van der Waals surface area contributed by atoms with Crippen LogP contribution in [-0.4, -0.2) is 36.6 Å². The molecule has 1 aliphatic rings. The molecule has 0 radical (unpaired) electrons. The fourth-order valence-electron chi connectivity index (χ4n) is 2.05. The van der Waals surface area contributed by atoms with Crippen molar-refractivity contribution >= 4 is 0 Å². The summed E-state index contributed by atoms with van der Waals surface area (Å²) in [7, 11) is 0. The lowest BCUT2D eigenvalue weighted by Crippen LogP contribution is -2.40. The van der Waals surface area contributed by atoms with Crippen molar-refractivity contribution in [2.24, 2.45) is 5.92 Å². The summed E-state index contributed by atoms with van der Waals surface area (Å²) >= 11 is 0. The van der Waals surface area contributed by atoms with Crippen molar-refractivity contribution in [3.8, 4) is 0 Å². The number of hydrogen-bond acceptors (Lipinski definition) is 2. The van der Waals surface area contributed by atoms with E-state index in [-0.39, 0.29) is 0 Å². The highest BCUT2D eigenvalue weighted by Crippen LogP contribution is 2.27. The molecular weight excluding hydrogens is 184 g/mol. The summed E-state index contributed by atoms with van der Waals surface area (Å²) in [6, 6.07) is 1.55. The van der Waals surface area contributed by atoms with Gasteiger partial charge in [0.25, 0.3) is 0 Å². The van der Waals surface area contributed by atoms with Crippen LogP contribution in [0.4, 0.5) is 0 Å². The van der Waals surface area contributed by atoms with Gasteiger partial charge in [0.2, 0.25) is 0 Å². The smallest absolute Gasteiger partial charge is 0.0166 e. The Kier molecular flexibility index (Phi) is 5.62. The minimum absolute atomic E-state index is 0.641. The van der Waals surface area contributed by atoms with Crippen molar-refractivity contribution in [3.05, 3.63) is 0 Å². The fourth-order valence-corrected chi connectivity index (χ4v) is 2.05. The van der Waals surface area contributed by atoms with Crippen LogP contribution < -0.4 is 5.32 Å². The zero-order valence-electron chi connectivity index (χ0n) is 10.9. The van der Waals surface area contributed by atoms with Crippen molar-refractivity contribution in [2.45, 2.75) is 59.0 Å². The number of likely N-dealkylation sites (N-methyl/N-ethyl adjacent to an activating group) is 1. The molecule has 0 aromatic carbocycles. The van der Waals surface area contributed by atoms with Crippen LogP contribution in [-0.2, 0) is 0 Å². The minimum atomic E-state index is 0.641. The molecule has 0 aromatic heterocycles. The van der Waals surface area contributed by atoms with Crippen LogP contribution >= 0.6 is 0 Å². The Balaban J connectivity index is 2.23. The Hall–Kier alpha value is -0.0800. The molecule has 0 heterocycles. The predicted octanol–water partition coefficient (Wildman–Crippen LogP) is 2.49. The zero-order valence-corrected chi connectivity index (χ0v) is 10.9. The van der Waals surface area contributed by atoms with Crippen molar-refractivity contribution in [2.75, 3.05) is 19.6 Å². The van der Waals surface area contributed by atoms with Crippen molar-refractivity contribution in [1.29, 1.82) is 0 Å². The highest BCUT2D eigenvalue weighted by Gasteiger charge is 2.29. The average molecular weight is 212 g/mol. The molecule has 1 aliphatic carbocycles. The quantitative estimate of drug-likeness (QED) is 0.665. The van der Waals surface area contributed by atoms with Crippen molar-refractivity contribution in [1.82, 2.24) is 10.2 Å². The van der Waals surface area contributed by atoms with Gasteiger partial charge in [-0.25, -0.2) is 0 Å². The van der Waals surface area contributed by atoms with Gasteiger partial charge in [-0.1, -0.05) is 20.8 Å². The van der Waals surface area contributed by atoms with Crippen LogP contribution in [0.2, 0.25) is 0 Å². The largest absolute Gasteiger partial charge is 0.313 e. The molecule has 0 aliphatic heterocycles. The van der Waals surface area contributed by atoms with Gasteiger partial charge < -0.3 is 5.32 Å². The summed E-state index contributed by atoms with van der Waals surface area (Å²) in [5.74, 6) is 0.834. The van der Waals surface area contributed by atoms with E-state index < -0.39 is 0 Å². The van der Waals surface area contributed by atoms with E-state index in [1.807, 2.05) is 0 Å². The third-order valence-corrected chi connectivity index (χ3v) is 3.12. The average Bonchev–Trinajstić information content (AvgIpc) is 2.95. The Morgan fingerprint density at radius 1 is 1.27 bits per heavy atom. The summed E-state index contributed by atoms with van der Waals surface area (Å²) in [6.07, 6.45) is 4.20. The lowest BCUT2D eigenvalue weighted by atomic mass is 10.1. The van der Waals surface area contributed by atoms with Gasteiger partial charge in [-0.3, -0.25) is 4.90 Å². The highest BCUT2D eigenvalue weighted by molar-refractivity contribution is 4.86. The molecule has 0 amide bonds. The molecule has 0 saturated heterocycles. The maximum atomic E-state index is 3.50. The van der Waals surface area contributed by atoms with E-state index in [1.165, 1.54) is 32.4 Å². The molecule has 1 atom stereocenters. The third kappa shape index (κ3) is 5.53. The zero-order chi connectivity index (χ0) is 11.3. The molecule has 1 rings (SSSR count). The summed E-state index contributed by atoms with van der Waals surface area (Å²) in [6.45, 7) is 12.7. The van der Waals surface area contributed by atoms with Gasteiger partial charge in [-0.15, -0.1) is 0 Å². The van der Waals surface area contributed by atoms with Crippen LogP contribution in [0.1, 0.15) is 47.0 Å². The normalized spacial score (nSPS) is 18.8. The van der Waals surface area contributed by atoms with E-state index in [1.54, 1.807) is 0 Å². The first-order chi connectivity index (χ1) is 7.13. The molecule has 0 bridgehead atoms. The molecule has 90 valence electrons. The molecular formula is C13H28N2. The molecule has 15 heavy (non-hydrogen) atoms. The van der Waals surface area contributed by atoms with Crippen LogP contribution in [0, 0.1) is 5.92 Å². The molecule has 1 unspecified atom stereocenters. The van der Waals surface area contributed by atoms with E-state index in [2.05, 4.69) is 37.9 Å². The monoisotopic (exact) mass is 212 g/mol. The predicted molar refractivity (Wildman–Crippen MR) is 67.2 cm³/mol. The minimum Gasteiger partial charge on any atom is -0.313 e. The van der Waals surface area contributed by atoms with Crippen LogP contribution in [0.3, 0.4) is 0 Å². The van der Waals surface area contributed by atoms with E-state index in [0.29, 0.717) is 6.04 Å². The van der Waals surface area contributed by atoms with Crippen molar-refractivity contribution < 1.29 is 0 Å². The first-order valence-electron chi connectivity index (χ1n) is 6.61. The Labute approximate surface area is 95.4 Å². The lowest BCUT2D eigenvalue weighted by Gasteiger charge is -2.26. The number of nitrogens with zero attached hydrogens (tertiary/aromatic N) is 1. The van der Waals surface area contributed by atoms with Gasteiger partial charge in [0.15, 0.2) is 0 Å².